The zero-order chi connectivity index (χ0) is 16.6. The zero-order valence-electron chi connectivity index (χ0n) is 14.1. The molecule has 1 aliphatic heterocycles. The fraction of sp³-hybridized carbons (Fsp3) is 0.130. The van der Waals surface area contributed by atoms with Crippen LogP contribution < -0.4 is 0 Å². The lowest BCUT2D eigenvalue weighted by atomic mass is 9.94. The van der Waals surface area contributed by atoms with E-state index in [1.165, 1.54) is 38.7 Å². The van der Waals surface area contributed by atoms with Gasteiger partial charge in [-0.3, -0.25) is 4.90 Å². The maximum atomic E-state index is 3.36. The van der Waals surface area contributed by atoms with Gasteiger partial charge in [0.1, 0.15) is 0 Å². The van der Waals surface area contributed by atoms with Crippen molar-refractivity contribution in [3.63, 3.8) is 0 Å². The minimum atomic E-state index is 0.972. The van der Waals surface area contributed by atoms with E-state index in [4.69, 9.17) is 0 Å². The van der Waals surface area contributed by atoms with Crippen LogP contribution in [-0.2, 0) is 19.6 Å². The number of aromatic amines is 1. The summed E-state index contributed by atoms with van der Waals surface area (Å²) in [6.07, 6.45) is 2.04. The Kier molecular flexibility index (Phi) is 3.43. The monoisotopic (exact) mass is 324 g/mol. The predicted molar refractivity (Wildman–Crippen MR) is 103 cm³/mol. The standard InChI is InChI=1S/C23H20N2/c1-2-6-17(7-3-1)14-25-15-18-8-4-5-9-20(18)23-19(16-25)10-11-22-21(23)12-13-24-22/h1-13,24H,14-16H2. The molecule has 0 fully saturated rings. The van der Waals surface area contributed by atoms with Crippen molar-refractivity contribution in [2.45, 2.75) is 19.6 Å². The van der Waals surface area contributed by atoms with Gasteiger partial charge >= 0.3 is 0 Å². The van der Waals surface area contributed by atoms with Gasteiger partial charge in [-0.25, -0.2) is 0 Å². The molecule has 122 valence electrons. The molecule has 0 spiro atoms. The molecule has 0 radical (unpaired) electrons. The average molecular weight is 324 g/mol. The van der Waals surface area contributed by atoms with Crippen LogP contribution in [0.2, 0.25) is 0 Å². The Morgan fingerprint density at radius 1 is 0.760 bits per heavy atom. The molecule has 4 aromatic rings. The summed E-state index contributed by atoms with van der Waals surface area (Å²) in [4.78, 5) is 5.90. The van der Waals surface area contributed by atoms with Crippen LogP contribution in [0.25, 0.3) is 22.0 Å². The Bertz CT molecular complexity index is 1030. The van der Waals surface area contributed by atoms with Crippen LogP contribution in [0.5, 0.6) is 0 Å². The number of rotatable bonds is 2. The van der Waals surface area contributed by atoms with Gasteiger partial charge in [0.05, 0.1) is 0 Å². The second-order valence-electron chi connectivity index (χ2n) is 6.83. The molecule has 3 aromatic carbocycles. The second kappa shape index (κ2) is 5.91. The first kappa shape index (κ1) is 14.5. The Morgan fingerprint density at radius 3 is 2.48 bits per heavy atom. The highest BCUT2D eigenvalue weighted by Crippen LogP contribution is 2.38. The number of H-pyrrole nitrogens is 1. The van der Waals surface area contributed by atoms with Crippen LogP contribution in [0.1, 0.15) is 16.7 Å². The summed E-state index contributed by atoms with van der Waals surface area (Å²) < 4.78 is 0. The van der Waals surface area contributed by atoms with E-state index in [0.29, 0.717) is 0 Å². The third-order valence-electron chi connectivity index (χ3n) is 5.14. The van der Waals surface area contributed by atoms with Crippen molar-refractivity contribution in [2.75, 3.05) is 0 Å². The van der Waals surface area contributed by atoms with Crippen LogP contribution in [0.4, 0.5) is 0 Å². The molecule has 2 heteroatoms. The van der Waals surface area contributed by atoms with Crippen LogP contribution in [0.3, 0.4) is 0 Å². The van der Waals surface area contributed by atoms with Crippen molar-refractivity contribution in [1.82, 2.24) is 9.88 Å². The zero-order valence-corrected chi connectivity index (χ0v) is 14.1. The fourth-order valence-electron chi connectivity index (χ4n) is 4.02. The molecule has 0 amide bonds. The van der Waals surface area contributed by atoms with Gasteiger partial charge in [-0.1, -0.05) is 60.7 Å². The molecule has 1 N–H and O–H groups in total. The molecular weight excluding hydrogens is 304 g/mol. The van der Waals surface area contributed by atoms with Crippen molar-refractivity contribution >= 4 is 10.9 Å². The SMILES string of the molecule is c1ccc(CN2Cc3ccccc3-c3c(ccc4[nH]ccc34)C2)cc1. The minimum absolute atomic E-state index is 0.972. The maximum absolute atomic E-state index is 3.36. The Morgan fingerprint density at radius 2 is 1.56 bits per heavy atom. The number of nitrogens with one attached hydrogen (secondary N) is 1. The third kappa shape index (κ3) is 2.55. The maximum Gasteiger partial charge on any atom is 0.0460 e. The van der Waals surface area contributed by atoms with E-state index in [2.05, 4.69) is 82.7 Å². The molecule has 2 heterocycles. The van der Waals surface area contributed by atoms with E-state index < -0.39 is 0 Å². The van der Waals surface area contributed by atoms with E-state index in [1.54, 1.807) is 0 Å². The number of fused-ring (bicyclic) bond motifs is 5. The number of hydrogen-bond donors (Lipinski definition) is 1. The lowest BCUT2D eigenvalue weighted by Crippen LogP contribution is -2.21. The molecule has 0 aliphatic carbocycles. The van der Waals surface area contributed by atoms with Crippen molar-refractivity contribution < 1.29 is 0 Å². The summed E-state index contributed by atoms with van der Waals surface area (Å²) >= 11 is 0. The summed E-state index contributed by atoms with van der Waals surface area (Å²) in [6, 6.07) is 26.3. The highest BCUT2D eigenvalue weighted by molar-refractivity contribution is 5.97. The first-order valence-electron chi connectivity index (χ1n) is 8.82. The largest absolute Gasteiger partial charge is 0.361 e. The van der Waals surface area contributed by atoms with Gasteiger partial charge in [-0.2, -0.15) is 0 Å². The predicted octanol–water partition coefficient (Wildman–Crippen LogP) is 5.35. The molecule has 1 aromatic heterocycles. The van der Waals surface area contributed by atoms with Gasteiger partial charge in [0.2, 0.25) is 0 Å². The molecule has 0 bridgehead atoms. The van der Waals surface area contributed by atoms with Gasteiger partial charge in [0, 0.05) is 36.7 Å². The van der Waals surface area contributed by atoms with E-state index in [9.17, 15) is 0 Å². The topological polar surface area (TPSA) is 19.0 Å². The second-order valence-corrected chi connectivity index (χ2v) is 6.83. The molecule has 25 heavy (non-hydrogen) atoms. The van der Waals surface area contributed by atoms with Crippen LogP contribution in [0.15, 0.2) is 79.0 Å². The van der Waals surface area contributed by atoms with Crippen molar-refractivity contribution in [3.05, 3.63) is 95.7 Å². The molecule has 0 unspecified atom stereocenters. The van der Waals surface area contributed by atoms with E-state index in [0.717, 1.165) is 19.6 Å². The summed E-state index contributed by atoms with van der Waals surface area (Å²) in [7, 11) is 0. The van der Waals surface area contributed by atoms with E-state index >= 15 is 0 Å². The van der Waals surface area contributed by atoms with Crippen molar-refractivity contribution in [3.8, 4) is 11.1 Å². The first-order valence-corrected chi connectivity index (χ1v) is 8.82. The smallest absolute Gasteiger partial charge is 0.0460 e. The van der Waals surface area contributed by atoms with E-state index in [-0.39, 0.29) is 0 Å². The first-order chi connectivity index (χ1) is 12.4. The van der Waals surface area contributed by atoms with Gasteiger partial charge in [-0.05, 0) is 39.9 Å². The fourth-order valence-corrected chi connectivity index (χ4v) is 4.02. The van der Waals surface area contributed by atoms with Gasteiger partial charge in [0.25, 0.3) is 0 Å². The number of benzene rings is 3. The highest BCUT2D eigenvalue weighted by Gasteiger charge is 2.21. The van der Waals surface area contributed by atoms with Crippen molar-refractivity contribution in [2.24, 2.45) is 0 Å². The molecule has 0 atom stereocenters. The minimum Gasteiger partial charge on any atom is -0.361 e. The number of aromatic nitrogens is 1. The quantitative estimate of drug-likeness (QED) is 0.526. The third-order valence-corrected chi connectivity index (χ3v) is 5.14. The summed E-state index contributed by atoms with van der Waals surface area (Å²) in [5, 5.41) is 1.33. The summed E-state index contributed by atoms with van der Waals surface area (Å²) in [5.41, 5.74) is 8.17. The molecule has 2 nitrogen and oxygen atoms in total. The number of nitrogens with zero attached hydrogens (tertiary/aromatic N) is 1. The molecular formula is C23H20N2. The van der Waals surface area contributed by atoms with Gasteiger partial charge < -0.3 is 4.98 Å². The van der Waals surface area contributed by atoms with Crippen molar-refractivity contribution in [1.29, 1.82) is 0 Å². The normalized spacial score (nSPS) is 14.1. The van der Waals surface area contributed by atoms with E-state index in [1.807, 2.05) is 6.20 Å². The average Bonchev–Trinajstić information content (AvgIpc) is 3.06. The summed E-state index contributed by atoms with van der Waals surface area (Å²) in [6.45, 7) is 2.92. The molecule has 5 rings (SSSR count). The lowest BCUT2D eigenvalue weighted by molar-refractivity contribution is 0.250. The van der Waals surface area contributed by atoms with Crippen LogP contribution in [-0.4, -0.2) is 9.88 Å². The van der Waals surface area contributed by atoms with Crippen LogP contribution >= 0.6 is 0 Å². The highest BCUT2D eigenvalue weighted by atomic mass is 15.1. The summed E-state index contributed by atoms with van der Waals surface area (Å²) in [5.74, 6) is 0. The Balaban J connectivity index is 1.65. The van der Waals surface area contributed by atoms with Gasteiger partial charge in [-0.15, -0.1) is 0 Å². The van der Waals surface area contributed by atoms with Crippen LogP contribution in [0, 0.1) is 0 Å². The lowest BCUT2D eigenvalue weighted by Gasteiger charge is -2.21. The number of hydrogen-bond acceptors (Lipinski definition) is 1. The Hall–Kier alpha value is -2.84. The molecule has 0 saturated carbocycles. The molecule has 1 aliphatic rings. The molecule has 0 saturated heterocycles. The Labute approximate surface area is 147 Å². The van der Waals surface area contributed by atoms with Gasteiger partial charge in [0.15, 0.2) is 0 Å².